The largest absolute Gasteiger partial charge is 0.481 e. The Morgan fingerprint density at radius 2 is 1.83 bits per heavy atom. The van der Waals surface area contributed by atoms with Gasteiger partial charge in [-0.05, 0) is 59.5 Å². The van der Waals surface area contributed by atoms with Gasteiger partial charge in [0, 0.05) is 17.0 Å². The third-order valence-electron chi connectivity index (χ3n) is 5.79. The van der Waals surface area contributed by atoms with Gasteiger partial charge in [-0.1, -0.05) is 57.0 Å². The number of anilines is 1. The Labute approximate surface area is 211 Å². The van der Waals surface area contributed by atoms with Crippen LogP contribution in [0, 0.1) is 29.7 Å². The molecule has 1 aliphatic heterocycles. The van der Waals surface area contributed by atoms with Gasteiger partial charge >= 0.3 is 5.97 Å². The number of aliphatic carboxylic acids is 1. The standard InChI is InChI=1S/C28H31FNO5P/c1-19-16-22(11-12-24(19)29)30-25(20-8-6-5-7-9-20)13-10-21(27(30)28(2,3)4)14-15-36(34,35)18-23(31)17-26(32)33/h5-13,16,23,27,31H,17-18H2,1-4H3,(H,32,33)(H,34,35)/t23-,27?/m0/s1. The molecule has 1 aliphatic rings. The normalized spacial score (nSPS) is 18.3. The molecular weight excluding hydrogens is 480 g/mol. The second kappa shape index (κ2) is 10.8. The van der Waals surface area contributed by atoms with E-state index in [0.717, 1.165) is 16.9 Å². The SMILES string of the molecule is Cc1cc(N2C(c3ccccc3)=CC=C(C#CP(=O)(O)C[C@@H](O)CC(=O)O)C2C(C)(C)C)ccc1F. The van der Waals surface area contributed by atoms with E-state index in [0.29, 0.717) is 11.1 Å². The molecule has 3 atom stereocenters. The van der Waals surface area contributed by atoms with E-state index in [2.05, 4.69) is 16.5 Å². The number of benzene rings is 2. The van der Waals surface area contributed by atoms with Crippen LogP contribution in [-0.2, 0) is 9.36 Å². The van der Waals surface area contributed by atoms with Crippen molar-refractivity contribution in [3.63, 3.8) is 0 Å². The summed E-state index contributed by atoms with van der Waals surface area (Å²) in [5, 5.41) is 18.6. The lowest BCUT2D eigenvalue weighted by molar-refractivity contribution is -0.138. The number of hydrogen-bond donors (Lipinski definition) is 3. The molecule has 3 N–H and O–H groups in total. The minimum Gasteiger partial charge on any atom is -0.481 e. The minimum absolute atomic E-state index is 0.315. The fourth-order valence-electron chi connectivity index (χ4n) is 4.24. The van der Waals surface area contributed by atoms with E-state index in [-0.39, 0.29) is 11.9 Å². The second-order valence-corrected chi connectivity index (χ2v) is 12.0. The molecule has 0 saturated carbocycles. The zero-order valence-electron chi connectivity index (χ0n) is 20.8. The van der Waals surface area contributed by atoms with Gasteiger partial charge in [-0.2, -0.15) is 0 Å². The van der Waals surface area contributed by atoms with E-state index in [4.69, 9.17) is 5.11 Å². The van der Waals surface area contributed by atoms with E-state index in [9.17, 15) is 23.7 Å². The molecule has 0 fully saturated rings. The van der Waals surface area contributed by atoms with Crippen LogP contribution in [0.5, 0.6) is 0 Å². The molecule has 2 aromatic rings. The van der Waals surface area contributed by atoms with Gasteiger partial charge in [-0.15, -0.1) is 0 Å². The molecule has 6 nitrogen and oxygen atoms in total. The van der Waals surface area contributed by atoms with Gasteiger partial charge in [0.05, 0.1) is 24.7 Å². The predicted molar refractivity (Wildman–Crippen MR) is 140 cm³/mol. The molecule has 8 heteroatoms. The van der Waals surface area contributed by atoms with E-state index in [1.165, 1.54) is 6.07 Å². The summed E-state index contributed by atoms with van der Waals surface area (Å²) in [4.78, 5) is 23.2. The zero-order valence-corrected chi connectivity index (χ0v) is 21.7. The molecule has 0 saturated heterocycles. The molecule has 3 rings (SSSR count). The quantitative estimate of drug-likeness (QED) is 0.355. The molecule has 0 aliphatic carbocycles. The lowest BCUT2D eigenvalue weighted by Gasteiger charge is -2.45. The summed E-state index contributed by atoms with van der Waals surface area (Å²) in [6, 6.07) is 14.2. The molecule has 0 radical (unpaired) electrons. The van der Waals surface area contributed by atoms with Gasteiger partial charge in [0.1, 0.15) is 5.82 Å². The number of carbonyl (C=O) groups is 1. The van der Waals surface area contributed by atoms with Crippen LogP contribution in [0.3, 0.4) is 0 Å². The molecule has 2 unspecified atom stereocenters. The first-order chi connectivity index (χ1) is 16.8. The van der Waals surface area contributed by atoms with Crippen molar-refractivity contribution >= 4 is 24.7 Å². The van der Waals surface area contributed by atoms with Crippen LogP contribution in [-0.4, -0.2) is 39.4 Å². The van der Waals surface area contributed by atoms with Crippen LogP contribution in [0.4, 0.5) is 10.1 Å². The maximum absolute atomic E-state index is 14.1. The molecule has 0 spiro atoms. The monoisotopic (exact) mass is 511 g/mol. The van der Waals surface area contributed by atoms with E-state index in [1.807, 2.05) is 63.3 Å². The van der Waals surface area contributed by atoms with Gasteiger partial charge in [-0.25, -0.2) is 4.39 Å². The van der Waals surface area contributed by atoms with Crippen LogP contribution < -0.4 is 4.90 Å². The highest BCUT2D eigenvalue weighted by molar-refractivity contribution is 7.63. The van der Waals surface area contributed by atoms with Crippen LogP contribution in [0.15, 0.2) is 66.3 Å². The Balaban J connectivity index is 2.13. The number of carboxylic acid groups (broad SMARTS) is 1. The minimum atomic E-state index is -4.13. The lowest BCUT2D eigenvalue weighted by atomic mass is 9.78. The Kier molecular flexibility index (Phi) is 8.26. The Morgan fingerprint density at radius 1 is 1.17 bits per heavy atom. The van der Waals surface area contributed by atoms with Gasteiger partial charge in [0.15, 0.2) is 0 Å². The van der Waals surface area contributed by atoms with Crippen LogP contribution in [0.2, 0.25) is 0 Å². The number of nitrogens with zero attached hydrogens (tertiary/aromatic N) is 1. The zero-order chi connectivity index (χ0) is 26.7. The first-order valence-corrected chi connectivity index (χ1v) is 13.4. The molecule has 0 aromatic heterocycles. The van der Waals surface area contributed by atoms with Crippen LogP contribution >= 0.6 is 7.37 Å². The van der Waals surface area contributed by atoms with Gasteiger partial charge in [0.25, 0.3) is 7.37 Å². The number of aliphatic hydroxyl groups excluding tert-OH is 1. The first-order valence-electron chi connectivity index (χ1n) is 11.6. The van der Waals surface area contributed by atoms with Gasteiger partial charge in [0.2, 0.25) is 0 Å². The molecule has 1 heterocycles. The van der Waals surface area contributed by atoms with Crippen molar-refractivity contribution in [2.45, 2.75) is 46.3 Å². The summed E-state index contributed by atoms with van der Waals surface area (Å²) in [5.74, 6) is 1.28. The first kappa shape index (κ1) is 27.4. The maximum atomic E-state index is 14.1. The highest BCUT2D eigenvalue weighted by Gasteiger charge is 2.37. The van der Waals surface area contributed by atoms with Crippen molar-refractivity contribution in [2.75, 3.05) is 11.1 Å². The number of aliphatic hydroxyl groups is 1. The molecule has 0 amide bonds. The highest BCUT2D eigenvalue weighted by Crippen LogP contribution is 2.44. The molecular formula is C28H31FNO5P. The maximum Gasteiger partial charge on any atom is 0.305 e. The van der Waals surface area contributed by atoms with Crippen LogP contribution in [0.1, 0.15) is 38.3 Å². The summed E-state index contributed by atoms with van der Waals surface area (Å²) in [6.45, 7) is 7.78. The Bertz CT molecular complexity index is 1300. The van der Waals surface area contributed by atoms with E-state index in [1.54, 1.807) is 19.1 Å². The number of carboxylic acids is 1. The van der Waals surface area contributed by atoms with Crippen molar-refractivity contribution in [1.29, 1.82) is 0 Å². The third-order valence-corrected chi connectivity index (χ3v) is 7.16. The summed E-state index contributed by atoms with van der Waals surface area (Å²) < 4.78 is 26.8. The average molecular weight is 512 g/mol. The Hall–Kier alpha value is -3.17. The molecule has 36 heavy (non-hydrogen) atoms. The predicted octanol–water partition coefficient (Wildman–Crippen LogP) is 5.40. The third kappa shape index (κ3) is 6.73. The summed E-state index contributed by atoms with van der Waals surface area (Å²) in [7, 11) is -4.13. The fourth-order valence-corrected chi connectivity index (χ4v) is 5.34. The number of rotatable bonds is 6. The highest BCUT2D eigenvalue weighted by atomic mass is 31.2. The topological polar surface area (TPSA) is 98.1 Å². The van der Waals surface area contributed by atoms with Crippen molar-refractivity contribution in [3.05, 3.63) is 83.2 Å². The fraction of sp³-hybridized carbons (Fsp3) is 0.321. The lowest BCUT2D eigenvalue weighted by Crippen LogP contribution is -2.45. The molecule has 0 bridgehead atoms. The Morgan fingerprint density at radius 3 is 2.42 bits per heavy atom. The van der Waals surface area contributed by atoms with E-state index >= 15 is 0 Å². The summed E-state index contributed by atoms with van der Waals surface area (Å²) in [6.07, 6.45) is 0.939. The smallest absolute Gasteiger partial charge is 0.305 e. The van der Waals surface area contributed by atoms with Crippen molar-refractivity contribution in [3.8, 4) is 11.6 Å². The second-order valence-electron chi connectivity index (χ2n) is 9.98. The van der Waals surface area contributed by atoms with Crippen molar-refractivity contribution < 1.29 is 28.9 Å². The average Bonchev–Trinajstić information content (AvgIpc) is 2.78. The molecule has 190 valence electrons. The van der Waals surface area contributed by atoms with Crippen molar-refractivity contribution in [2.24, 2.45) is 5.41 Å². The summed E-state index contributed by atoms with van der Waals surface area (Å²) >= 11 is 0. The van der Waals surface area contributed by atoms with Gasteiger partial charge in [-0.3, -0.25) is 9.36 Å². The summed E-state index contributed by atoms with van der Waals surface area (Å²) in [5.41, 5.74) is 5.63. The number of hydrogen-bond acceptors (Lipinski definition) is 4. The number of allylic oxidation sites excluding steroid dienone is 2. The number of aryl methyl sites for hydroxylation is 1. The molecule has 2 aromatic carbocycles. The number of halogens is 1. The van der Waals surface area contributed by atoms with Crippen molar-refractivity contribution in [1.82, 2.24) is 0 Å². The van der Waals surface area contributed by atoms with Gasteiger partial charge < -0.3 is 20.0 Å². The van der Waals surface area contributed by atoms with Crippen LogP contribution in [0.25, 0.3) is 5.70 Å². The van der Waals surface area contributed by atoms with E-state index < -0.39 is 37.4 Å².